The molecule has 2 aromatic rings. The summed E-state index contributed by atoms with van der Waals surface area (Å²) in [4.78, 5) is 37.5. The number of hydrogen-bond donors (Lipinski definition) is 3. The summed E-state index contributed by atoms with van der Waals surface area (Å²) in [5.74, 6) is -2.80. The van der Waals surface area contributed by atoms with E-state index in [1.165, 1.54) is 12.1 Å². The monoisotopic (exact) mass is 377 g/mol. The lowest BCUT2D eigenvalue weighted by Gasteiger charge is -2.11. The molecule has 0 aliphatic heterocycles. The Labute approximate surface area is 152 Å². The first-order chi connectivity index (χ1) is 12.9. The lowest BCUT2D eigenvalue weighted by molar-refractivity contribution is -0.118. The Balaban J connectivity index is 2.09. The van der Waals surface area contributed by atoms with Gasteiger partial charge in [-0.05, 0) is 17.7 Å². The van der Waals surface area contributed by atoms with Crippen molar-refractivity contribution in [2.45, 2.75) is 6.42 Å². The molecule has 0 aliphatic rings. The largest absolute Gasteiger partial charge is 0.488 e. The fraction of sp³-hybridized carbons (Fsp3) is 0.176. The second kappa shape index (κ2) is 9.25. The van der Waals surface area contributed by atoms with Gasteiger partial charge in [-0.1, -0.05) is 12.1 Å². The molecule has 0 bridgehead atoms. The number of pyridine rings is 1. The van der Waals surface area contributed by atoms with Gasteiger partial charge in [-0.15, -0.1) is 0 Å². The minimum Gasteiger partial charge on any atom is -0.488 e. The molecule has 0 radical (unpaired) electrons. The van der Waals surface area contributed by atoms with Crippen molar-refractivity contribution < 1.29 is 33.4 Å². The van der Waals surface area contributed by atoms with Gasteiger partial charge in [0.1, 0.15) is 5.82 Å². The van der Waals surface area contributed by atoms with Crippen LogP contribution in [0.5, 0.6) is 11.6 Å². The van der Waals surface area contributed by atoms with Gasteiger partial charge in [0.15, 0.2) is 5.75 Å². The molecule has 4 N–H and O–H groups in total. The third kappa shape index (κ3) is 6.04. The number of carbonyl (C=O) groups excluding carboxylic acids is 2. The van der Waals surface area contributed by atoms with Crippen LogP contribution in [0.2, 0.25) is 0 Å². The van der Waals surface area contributed by atoms with Crippen molar-refractivity contribution in [1.82, 2.24) is 10.3 Å². The van der Waals surface area contributed by atoms with Crippen LogP contribution >= 0.6 is 0 Å². The number of nitrogens with two attached hydrogens (primary N) is 1. The Morgan fingerprint density at radius 1 is 1.22 bits per heavy atom. The Morgan fingerprint density at radius 3 is 2.56 bits per heavy atom. The molecule has 0 atom stereocenters. The second-order valence-corrected chi connectivity index (χ2v) is 5.20. The highest BCUT2D eigenvalue weighted by Gasteiger charge is 2.17. The zero-order valence-electron chi connectivity index (χ0n) is 14.0. The van der Waals surface area contributed by atoms with Crippen LogP contribution < -0.4 is 20.5 Å². The maximum atomic E-state index is 12.9. The molecule has 0 spiro atoms. The van der Waals surface area contributed by atoms with Gasteiger partial charge >= 0.3 is 12.1 Å². The van der Waals surface area contributed by atoms with Crippen LogP contribution in [0.1, 0.15) is 15.9 Å². The van der Waals surface area contributed by atoms with Crippen LogP contribution in [0.25, 0.3) is 0 Å². The van der Waals surface area contributed by atoms with Gasteiger partial charge in [0.2, 0.25) is 5.91 Å². The Hall–Kier alpha value is -3.53. The lowest BCUT2D eigenvalue weighted by atomic mass is 10.2. The highest BCUT2D eigenvalue weighted by molar-refractivity contribution is 5.93. The quantitative estimate of drug-likeness (QED) is 0.652. The zero-order valence-corrected chi connectivity index (χ0v) is 14.0. The van der Waals surface area contributed by atoms with Crippen LogP contribution in [-0.2, 0) is 11.2 Å². The predicted octanol–water partition coefficient (Wildman–Crippen LogP) is 1.11. The summed E-state index contributed by atoms with van der Waals surface area (Å²) in [6.45, 7) is -0.336. The summed E-state index contributed by atoms with van der Waals surface area (Å²) >= 11 is 0. The standard InChI is InChI=1S/C17H16FN3O6/c18-12-3-1-10(2-4-12)5-6-26-13-7-11(16(23)24)9-20-15(13)27-17(25)21-14(22)8-19/h1-4,7,9H,5-6,8,19H2,(H,23,24)(H,21,22,25). The highest BCUT2D eigenvalue weighted by atomic mass is 19.1. The molecule has 10 heteroatoms. The molecule has 0 saturated carbocycles. The predicted molar refractivity (Wildman–Crippen MR) is 90.0 cm³/mol. The van der Waals surface area contributed by atoms with Gasteiger partial charge in [-0.2, -0.15) is 0 Å². The molecule has 1 aromatic carbocycles. The van der Waals surface area contributed by atoms with E-state index in [0.717, 1.165) is 17.8 Å². The first-order valence-electron chi connectivity index (χ1n) is 7.71. The SMILES string of the molecule is NCC(=O)NC(=O)Oc1ncc(C(=O)O)cc1OCCc1ccc(F)cc1. The van der Waals surface area contributed by atoms with E-state index in [1.807, 2.05) is 5.32 Å². The molecular formula is C17H16FN3O6. The summed E-state index contributed by atoms with van der Waals surface area (Å²) in [6, 6.07) is 6.89. The first kappa shape index (κ1) is 19.8. The molecule has 9 nitrogen and oxygen atoms in total. The summed E-state index contributed by atoms with van der Waals surface area (Å²) in [5.41, 5.74) is 5.68. The van der Waals surface area contributed by atoms with Crippen molar-refractivity contribution in [2.75, 3.05) is 13.2 Å². The number of ether oxygens (including phenoxy) is 2. The van der Waals surface area contributed by atoms with E-state index in [4.69, 9.17) is 20.3 Å². The van der Waals surface area contributed by atoms with E-state index < -0.39 is 24.5 Å². The third-order valence-electron chi connectivity index (χ3n) is 3.24. The van der Waals surface area contributed by atoms with Crippen molar-refractivity contribution in [2.24, 2.45) is 5.73 Å². The average Bonchev–Trinajstić information content (AvgIpc) is 2.64. The fourth-order valence-corrected chi connectivity index (χ4v) is 1.94. The number of carbonyl (C=O) groups is 3. The van der Waals surface area contributed by atoms with Crippen molar-refractivity contribution in [3.8, 4) is 11.6 Å². The van der Waals surface area contributed by atoms with E-state index >= 15 is 0 Å². The second-order valence-electron chi connectivity index (χ2n) is 5.20. The van der Waals surface area contributed by atoms with Gasteiger partial charge in [-0.25, -0.2) is 19.0 Å². The molecule has 2 rings (SSSR count). The Morgan fingerprint density at radius 2 is 1.93 bits per heavy atom. The topological polar surface area (TPSA) is 141 Å². The van der Waals surface area contributed by atoms with Crippen LogP contribution in [0, 0.1) is 5.82 Å². The number of nitrogens with zero attached hydrogens (tertiary/aromatic N) is 1. The van der Waals surface area contributed by atoms with Crippen molar-refractivity contribution >= 4 is 18.0 Å². The third-order valence-corrected chi connectivity index (χ3v) is 3.24. The molecule has 1 heterocycles. The smallest absolute Gasteiger partial charge is 0.420 e. The molecule has 1 aromatic heterocycles. The van der Waals surface area contributed by atoms with E-state index in [9.17, 15) is 18.8 Å². The van der Waals surface area contributed by atoms with E-state index in [-0.39, 0.29) is 29.6 Å². The summed E-state index contributed by atoms with van der Waals surface area (Å²) in [6.07, 6.45) is 0.224. The average molecular weight is 377 g/mol. The zero-order chi connectivity index (χ0) is 19.8. The number of halogens is 1. The minimum atomic E-state index is -1.25. The number of rotatable bonds is 7. The number of hydrogen-bond acceptors (Lipinski definition) is 7. The summed E-state index contributed by atoms with van der Waals surface area (Å²) < 4.78 is 23.2. The molecule has 27 heavy (non-hydrogen) atoms. The normalized spacial score (nSPS) is 10.1. The van der Waals surface area contributed by atoms with Gasteiger partial charge in [0.25, 0.3) is 5.88 Å². The number of carboxylic acids is 1. The summed E-state index contributed by atoms with van der Waals surface area (Å²) in [7, 11) is 0. The highest BCUT2D eigenvalue weighted by Crippen LogP contribution is 2.26. The van der Waals surface area contributed by atoms with Gasteiger partial charge in [0, 0.05) is 18.7 Å². The number of carboxylic acid groups (broad SMARTS) is 1. The van der Waals surface area contributed by atoms with E-state index in [1.54, 1.807) is 12.1 Å². The van der Waals surface area contributed by atoms with E-state index in [2.05, 4.69) is 4.98 Å². The fourth-order valence-electron chi connectivity index (χ4n) is 1.94. The number of aromatic nitrogens is 1. The molecule has 0 aliphatic carbocycles. The van der Waals surface area contributed by atoms with Crippen LogP contribution in [0.15, 0.2) is 36.5 Å². The maximum absolute atomic E-state index is 12.9. The molecule has 0 saturated heterocycles. The number of amides is 2. The van der Waals surface area contributed by atoms with Crippen LogP contribution in [0.3, 0.4) is 0 Å². The first-order valence-corrected chi connectivity index (χ1v) is 7.71. The number of nitrogens with one attached hydrogen (secondary N) is 1. The van der Waals surface area contributed by atoms with Crippen molar-refractivity contribution in [1.29, 1.82) is 0 Å². The van der Waals surface area contributed by atoms with Crippen molar-refractivity contribution in [3.63, 3.8) is 0 Å². The molecule has 0 unspecified atom stereocenters. The minimum absolute atomic E-state index is 0.0795. The maximum Gasteiger partial charge on any atom is 0.420 e. The molecule has 2 amide bonds. The Kier molecular flexibility index (Phi) is 6.78. The van der Waals surface area contributed by atoms with Gasteiger partial charge in [-0.3, -0.25) is 10.1 Å². The van der Waals surface area contributed by atoms with Crippen molar-refractivity contribution in [3.05, 3.63) is 53.5 Å². The molecule has 142 valence electrons. The van der Waals surface area contributed by atoms with Gasteiger partial charge in [0.05, 0.1) is 18.7 Å². The van der Waals surface area contributed by atoms with Gasteiger partial charge < -0.3 is 20.3 Å². The Bertz CT molecular complexity index is 841. The number of imide groups is 1. The van der Waals surface area contributed by atoms with Crippen LogP contribution in [-0.4, -0.2) is 41.2 Å². The number of aromatic carboxylic acids is 1. The number of benzene rings is 1. The molecule has 0 fully saturated rings. The lowest BCUT2D eigenvalue weighted by Crippen LogP contribution is -2.37. The van der Waals surface area contributed by atoms with Crippen LogP contribution in [0.4, 0.5) is 9.18 Å². The summed E-state index contributed by atoms with van der Waals surface area (Å²) in [5, 5.41) is 10.9. The molecular weight excluding hydrogens is 361 g/mol. The van der Waals surface area contributed by atoms with E-state index in [0.29, 0.717) is 6.42 Å².